The number of primary amides is 1. The van der Waals surface area contributed by atoms with Crippen LogP contribution in [0.1, 0.15) is 19.7 Å². The van der Waals surface area contributed by atoms with E-state index in [4.69, 9.17) is 21.9 Å². The third kappa shape index (κ3) is 2.19. The molecule has 0 saturated heterocycles. The highest BCUT2D eigenvalue weighted by Gasteiger charge is 2.34. The Bertz CT molecular complexity index is 577. The lowest BCUT2D eigenvalue weighted by Crippen LogP contribution is -2.35. The van der Waals surface area contributed by atoms with E-state index in [1.807, 2.05) is 0 Å². The van der Waals surface area contributed by atoms with E-state index < -0.39 is 11.3 Å². The van der Waals surface area contributed by atoms with Crippen molar-refractivity contribution in [3.8, 4) is 11.5 Å². The van der Waals surface area contributed by atoms with Crippen LogP contribution in [0.2, 0.25) is 5.02 Å². The quantitative estimate of drug-likeness (QED) is 0.909. The Kier molecular flexibility index (Phi) is 3.04. The van der Waals surface area contributed by atoms with E-state index in [1.54, 1.807) is 26.0 Å². The highest BCUT2D eigenvalue weighted by Crippen LogP contribution is 2.23. The summed E-state index contributed by atoms with van der Waals surface area (Å²) in [6, 6.07) is 3.33. The van der Waals surface area contributed by atoms with Gasteiger partial charge in [-0.05, 0) is 26.0 Å². The Labute approximate surface area is 108 Å². The Morgan fingerprint density at radius 3 is 2.72 bits per heavy atom. The largest absolute Gasteiger partial charge is 0.369 e. The summed E-state index contributed by atoms with van der Waals surface area (Å²) in [6.07, 6.45) is 1.48. The van der Waals surface area contributed by atoms with E-state index in [2.05, 4.69) is 15.1 Å². The number of hydrogen-bond donors (Lipinski definition) is 1. The molecule has 0 fully saturated rings. The molecule has 2 aromatic heterocycles. The first-order chi connectivity index (χ1) is 8.41. The average molecular weight is 267 g/mol. The predicted molar refractivity (Wildman–Crippen MR) is 64.8 cm³/mol. The Balaban J connectivity index is 2.37. The number of carbonyl (C=O) groups is 1. The third-order valence-corrected chi connectivity index (χ3v) is 2.76. The van der Waals surface area contributed by atoms with Crippen molar-refractivity contribution in [2.24, 2.45) is 5.73 Å². The Morgan fingerprint density at radius 1 is 1.44 bits per heavy atom. The molecule has 7 heteroatoms. The topological polar surface area (TPSA) is 94.9 Å². The summed E-state index contributed by atoms with van der Waals surface area (Å²) in [5.74, 6) is -0.0977. The second-order valence-electron chi connectivity index (χ2n) is 4.27. The van der Waals surface area contributed by atoms with Gasteiger partial charge >= 0.3 is 0 Å². The van der Waals surface area contributed by atoms with Gasteiger partial charge in [-0.1, -0.05) is 16.8 Å². The van der Waals surface area contributed by atoms with Gasteiger partial charge in [-0.25, -0.2) is 0 Å². The van der Waals surface area contributed by atoms with Gasteiger partial charge in [0, 0.05) is 6.20 Å². The van der Waals surface area contributed by atoms with Crippen LogP contribution in [-0.4, -0.2) is 21.0 Å². The highest BCUT2D eigenvalue weighted by molar-refractivity contribution is 6.30. The SMILES string of the molecule is CC(C)(C(N)=O)c1nc(-c2ccc(Cl)cn2)no1. The minimum atomic E-state index is -1.02. The van der Waals surface area contributed by atoms with Gasteiger partial charge in [0.15, 0.2) is 0 Å². The number of pyridine rings is 1. The molecule has 0 unspecified atom stereocenters. The van der Waals surface area contributed by atoms with Gasteiger partial charge in [-0.2, -0.15) is 4.98 Å². The molecular formula is C11H11ClN4O2. The van der Waals surface area contributed by atoms with Crippen LogP contribution in [0.4, 0.5) is 0 Å². The number of carbonyl (C=O) groups excluding carboxylic acids is 1. The fourth-order valence-electron chi connectivity index (χ4n) is 1.19. The van der Waals surface area contributed by atoms with Crippen LogP contribution in [0.5, 0.6) is 0 Å². The molecule has 2 rings (SSSR count). The maximum Gasteiger partial charge on any atom is 0.242 e. The van der Waals surface area contributed by atoms with E-state index in [-0.39, 0.29) is 11.7 Å². The fraction of sp³-hybridized carbons (Fsp3) is 0.273. The number of nitrogens with zero attached hydrogens (tertiary/aromatic N) is 3. The molecule has 0 aliphatic heterocycles. The summed E-state index contributed by atoms with van der Waals surface area (Å²) in [6.45, 7) is 3.23. The first-order valence-electron chi connectivity index (χ1n) is 5.17. The number of amides is 1. The standard InChI is InChI=1S/C11H11ClN4O2/c1-11(2,9(13)17)10-15-8(16-18-10)7-4-3-6(12)5-14-7/h3-5H,1-2H3,(H2,13,17). The van der Waals surface area contributed by atoms with Gasteiger partial charge in [-0.3, -0.25) is 9.78 Å². The summed E-state index contributed by atoms with van der Waals surface area (Å²) < 4.78 is 5.04. The van der Waals surface area contributed by atoms with Crippen molar-refractivity contribution in [3.63, 3.8) is 0 Å². The lowest BCUT2D eigenvalue weighted by Gasteiger charge is -2.13. The summed E-state index contributed by atoms with van der Waals surface area (Å²) in [5.41, 5.74) is 4.76. The van der Waals surface area contributed by atoms with Crippen LogP contribution in [-0.2, 0) is 10.2 Å². The predicted octanol–water partition coefficient (Wildman–Crippen LogP) is 1.55. The number of halogens is 1. The molecule has 2 heterocycles. The third-order valence-electron chi connectivity index (χ3n) is 2.53. The fourth-order valence-corrected chi connectivity index (χ4v) is 1.31. The molecule has 0 atom stereocenters. The van der Waals surface area contributed by atoms with Crippen molar-refractivity contribution in [2.45, 2.75) is 19.3 Å². The van der Waals surface area contributed by atoms with Gasteiger partial charge in [0.05, 0.1) is 5.02 Å². The lowest BCUT2D eigenvalue weighted by molar-refractivity contribution is -0.123. The molecular weight excluding hydrogens is 256 g/mol. The van der Waals surface area contributed by atoms with E-state index in [9.17, 15) is 4.79 Å². The summed E-state index contributed by atoms with van der Waals surface area (Å²) in [5, 5.41) is 4.28. The number of hydrogen-bond acceptors (Lipinski definition) is 5. The summed E-state index contributed by atoms with van der Waals surface area (Å²) in [7, 11) is 0. The Hall–Kier alpha value is -1.95. The second kappa shape index (κ2) is 4.38. The smallest absolute Gasteiger partial charge is 0.242 e. The van der Waals surface area contributed by atoms with Crippen molar-refractivity contribution >= 4 is 17.5 Å². The molecule has 2 aromatic rings. The normalized spacial score (nSPS) is 11.5. The van der Waals surface area contributed by atoms with Crippen LogP contribution in [0.3, 0.4) is 0 Å². The average Bonchev–Trinajstić information content (AvgIpc) is 2.79. The molecule has 0 spiro atoms. The maximum absolute atomic E-state index is 11.3. The van der Waals surface area contributed by atoms with Crippen LogP contribution < -0.4 is 5.73 Å². The van der Waals surface area contributed by atoms with Crippen molar-refractivity contribution in [2.75, 3.05) is 0 Å². The molecule has 6 nitrogen and oxygen atoms in total. The van der Waals surface area contributed by atoms with Crippen molar-refractivity contribution in [1.29, 1.82) is 0 Å². The number of rotatable bonds is 3. The second-order valence-corrected chi connectivity index (χ2v) is 4.71. The van der Waals surface area contributed by atoms with E-state index in [0.29, 0.717) is 10.7 Å². The molecule has 0 aliphatic carbocycles. The number of nitrogens with two attached hydrogens (primary N) is 1. The molecule has 0 aliphatic rings. The van der Waals surface area contributed by atoms with Crippen molar-refractivity contribution < 1.29 is 9.32 Å². The molecule has 18 heavy (non-hydrogen) atoms. The molecule has 0 aromatic carbocycles. The van der Waals surface area contributed by atoms with Gasteiger partial charge in [-0.15, -0.1) is 0 Å². The minimum absolute atomic E-state index is 0.154. The molecule has 0 radical (unpaired) electrons. The van der Waals surface area contributed by atoms with Crippen LogP contribution in [0.25, 0.3) is 11.5 Å². The van der Waals surface area contributed by atoms with Gasteiger partial charge in [0.25, 0.3) is 0 Å². The van der Waals surface area contributed by atoms with E-state index in [1.165, 1.54) is 6.20 Å². The van der Waals surface area contributed by atoms with Crippen molar-refractivity contribution in [1.82, 2.24) is 15.1 Å². The highest BCUT2D eigenvalue weighted by atomic mass is 35.5. The van der Waals surface area contributed by atoms with Gasteiger partial charge < -0.3 is 10.3 Å². The minimum Gasteiger partial charge on any atom is -0.369 e. The lowest BCUT2D eigenvalue weighted by atomic mass is 9.93. The van der Waals surface area contributed by atoms with E-state index >= 15 is 0 Å². The zero-order valence-electron chi connectivity index (χ0n) is 9.85. The molecule has 0 saturated carbocycles. The summed E-state index contributed by atoms with van der Waals surface area (Å²) in [4.78, 5) is 19.4. The monoisotopic (exact) mass is 266 g/mol. The first kappa shape index (κ1) is 12.5. The van der Waals surface area contributed by atoms with Crippen LogP contribution >= 0.6 is 11.6 Å². The number of aromatic nitrogens is 3. The summed E-state index contributed by atoms with van der Waals surface area (Å²) >= 11 is 5.73. The Morgan fingerprint density at radius 2 is 2.17 bits per heavy atom. The van der Waals surface area contributed by atoms with Crippen molar-refractivity contribution in [3.05, 3.63) is 29.2 Å². The van der Waals surface area contributed by atoms with E-state index in [0.717, 1.165) is 0 Å². The molecule has 2 N–H and O–H groups in total. The first-order valence-corrected chi connectivity index (χ1v) is 5.55. The van der Waals surface area contributed by atoms with Crippen LogP contribution in [0, 0.1) is 0 Å². The zero-order chi connectivity index (χ0) is 13.3. The van der Waals surface area contributed by atoms with Crippen LogP contribution in [0.15, 0.2) is 22.9 Å². The molecule has 1 amide bonds. The zero-order valence-corrected chi connectivity index (χ0v) is 10.6. The maximum atomic E-state index is 11.3. The van der Waals surface area contributed by atoms with Gasteiger partial charge in [0.1, 0.15) is 11.1 Å². The molecule has 94 valence electrons. The molecule has 0 bridgehead atoms. The van der Waals surface area contributed by atoms with Gasteiger partial charge in [0.2, 0.25) is 17.6 Å².